The molecule has 0 aromatic carbocycles. The second-order valence-electron chi connectivity index (χ2n) is 7.13. The molecule has 0 aliphatic carbocycles. The van der Waals surface area contributed by atoms with Crippen LogP contribution in [-0.4, -0.2) is 59.6 Å². The average molecular weight is 347 g/mol. The molecular weight excluding hydrogens is 318 g/mol. The van der Waals surface area contributed by atoms with Crippen LogP contribution in [0.5, 0.6) is 0 Å². The first-order valence-corrected chi connectivity index (χ1v) is 9.23. The lowest BCUT2D eigenvalue weighted by Gasteiger charge is -2.50. The van der Waals surface area contributed by atoms with Gasteiger partial charge in [-0.1, -0.05) is 6.08 Å². The number of aryl methyl sites for hydroxylation is 2. The maximum atomic E-state index is 13.1. The van der Waals surface area contributed by atoms with Crippen LogP contribution in [0, 0.1) is 12.3 Å². The van der Waals surface area contributed by atoms with E-state index in [0.29, 0.717) is 32.0 Å². The van der Waals surface area contributed by atoms with E-state index in [1.54, 1.807) is 10.8 Å². The van der Waals surface area contributed by atoms with Crippen molar-refractivity contribution in [3.63, 3.8) is 0 Å². The molecule has 2 fully saturated rings. The molecule has 138 valence electrons. The zero-order chi connectivity index (χ0) is 17.9. The van der Waals surface area contributed by atoms with Crippen molar-refractivity contribution in [2.75, 3.05) is 32.9 Å². The van der Waals surface area contributed by atoms with Crippen LogP contribution in [-0.2, 0) is 16.0 Å². The first-order valence-electron chi connectivity index (χ1n) is 9.23. The van der Waals surface area contributed by atoms with Crippen LogP contribution in [0.15, 0.2) is 18.7 Å². The Morgan fingerprint density at radius 2 is 2.44 bits per heavy atom. The Kier molecular flexibility index (Phi) is 5.59. The van der Waals surface area contributed by atoms with E-state index in [0.717, 1.165) is 38.1 Å². The van der Waals surface area contributed by atoms with E-state index in [2.05, 4.69) is 11.7 Å². The molecule has 0 N–H and O–H groups in total. The van der Waals surface area contributed by atoms with E-state index in [-0.39, 0.29) is 17.4 Å². The zero-order valence-electron chi connectivity index (χ0n) is 15.4. The van der Waals surface area contributed by atoms with E-state index < -0.39 is 0 Å². The van der Waals surface area contributed by atoms with Crippen molar-refractivity contribution in [3.05, 3.63) is 30.1 Å². The molecule has 0 radical (unpaired) electrons. The smallest absolute Gasteiger partial charge is 0.272 e. The second-order valence-corrected chi connectivity index (χ2v) is 7.13. The summed E-state index contributed by atoms with van der Waals surface area (Å²) < 4.78 is 13.6. The van der Waals surface area contributed by atoms with Gasteiger partial charge in [0, 0.05) is 31.7 Å². The highest BCUT2D eigenvalue weighted by Crippen LogP contribution is 2.40. The highest BCUT2D eigenvalue weighted by atomic mass is 16.5. The maximum absolute atomic E-state index is 13.1. The molecule has 6 heteroatoms. The van der Waals surface area contributed by atoms with Crippen molar-refractivity contribution >= 4 is 5.91 Å². The highest BCUT2D eigenvalue weighted by Gasteiger charge is 2.47. The van der Waals surface area contributed by atoms with E-state index in [9.17, 15) is 4.79 Å². The van der Waals surface area contributed by atoms with Crippen LogP contribution in [0.3, 0.4) is 0 Å². The Hall–Kier alpha value is -1.66. The average Bonchev–Trinajstić information content (AvgIpc) is 3.01. The molecule has 0 saturated carbocycles. The van der Waals surface area contributed by atoms with Crippen molar-refractivity contribution in [1.82, 2.24) is 14.7 Å². The highest BCUT2D eigenvalue weighted by molar-refractivity contribution is 5.92. The van der Waals surface area contributed by atoms with Crippen molar-refractivity contribution < 1.29 is 14.3 Å². The van der Waals surface area contributed by atoms with Crippen LogP contribution in [0.2, 0.25) is 0 Å². The Balaban J connectivity index is 1.78. The Labute approximate surface area is 149 Å². The van der Waals surface area contributed by atoms with Gasteiger partial charge in [0.1, 0.15) is 5.69 Å². The third kappa shape index (κ3) is 3.65. The van der Waals surface area contributed by atoms with Gasteiger partial charge < -0.3 is 14.4 Å². The molecule has 2 atom stereocenters. The van der Waals surface area contributed by atoms with Crippen LogP contribution >= 0.6 is 0 Å². The van der Waals surface area contributed by atoms with E-state index in [4.69, 9.17) is 9.47 Å². The number of rotatable bonds is 6. The van der Waals surface area contributed by atoms with Gasteiger partial charge in [0.2, 0.25) is 0 Å². The van der Waals surface area contributed by atoms with Crippen molar-refractivity contribution in [2.24, 2.45) is 5.41 Å². The van der Waals surface area contributed by atoms with Crippen LogP contribution < -0.4 is 0 Å². The number of ether oxygens (including phenoxy) is 2. The molecule has 2 aliphatic heterocycles. The number of carbonyl (C=O) groups excluding carboxylic acids is 1. The molecule has 2 aliphatic rings. The quantitative estimate of drug-likeness (QED) is 0.586. The van der Waals surface area contributed by atoms with Gasteiger partial charge in [-0.2, -0.15) is 5.10 Å². The predicted molar refractivity (Wildman–Crippen MR) is 95.6 cm³/mol. The lowest BCUT2D eigenvalue weighted by molar-refractivity contribution is -0.144. The second kappa shape index (κ2) is 7.70. The summed E-state index contributed by atoms with van der Waals surface area (Å²) in [6, 6.07) is 1.89. The topological polar surface area (TPSA) is 56.6 Å². The van der Waals surface area contributed by atoms with Crippen LogP contribution in [0.4, 0.5) is 0 Å². The minimum absolute atomic E-state index is 0.0644. The van der Waals surface area contributed by atoms with Gasteiger partial charge in [-0.25, -0.2) is 0 Å². The fourth-order valence-electron chi connectivity index (χ4n) is 4.14. The summed E-state index contributed by atoms with van der Waals surface area (Å²) in [6.07, 6.45) is 4.85. The number of aromatic nitrogens is 2. The zero-order valence-corrected chi connectivity index (χ0v) is 15.4. The third-order valence-corrected chi connectivity index (χ3v) is 5.32. The Bertz CT molecular complexity index is 627. The largest absolute Gasteiger partial charge is 0.377 e. The number of amides is 1. The molecular formula is C19H29N3O3. The van der Waals surface area contributed by atoms with Crippen molar-refractivity contribution in [1.29, 1.82) is 0 Å². The Morgan fingerprint density at radius 1 is 1.60 bits per heavy atom. The Morgan fingerprint density at radius 3 is 3.20 bits per heavy atom. The SMILES string of the molecule is C=CCOC[C@]12CCCO[C@H]1CCN(C(=O)c1cc(C)nn1CC)C2. The molecule has 0 spiro atoms. The molecule has 0 bridgehead atoms. The molecule has 3 rings (SSSR count). The lowest BCUT2D eigenvalue weighted by Crippen LogP contribution is -2.58. The maximum Gasteiger partial charge on any atom is 0.272 e. The minimum Gasteiger partial charge on any atom is -0.377 e. The van der Waals surface area contributed by atoms with Crippen molar-refractivity contribution in [3.8, 4) is 0 Å². The van der Waals surface area contributed by atoms with E-state index >= 15 is 0 Å². The summed E-state index contributed by atoms with van der Waals surface area (Å²) in [5.74, 6) is 0.0644. The fourth-order valence-corrected chi connectivity index (χ4v) is 4.14. The fraction of sp³-hybridized carbons (Fsp3) is 0.684. The van der Waals surface area contributed by atoms with Gasteiger partial charge in [0.15, 0.2) is 0 Å². The van der Waals surface area contributed by atoms with Crippen LogP contribution in [0.1, 0.15) is 42.4 Å². The summed E-state index contributed by atoms with van der Waals surface area (Å²) in [4.78, 5) is 15.1. The summed E-state index contributed by atoms with van der Waals surface area (Å²) in [6.45, 7) is 11.7. The summed E-state index contributed by atoms with van der Waals surface area (Å²) in [5.41, 5.74) is 1.45. The van der Waals surface area contributed by atoms with Gasteiger partial charge in [0.25, 0.3) is 5.91 Å². The number of nitrogens with zero attached hydrogens (tertiary/aromatic N) is 3. The standard InChI is InChI=1S/C19H29N3O3/c1-4-10-24-14-19-8-6-11-25-17(19)7-9-21(13-19)18(23)16-12-15(3)20-22(16)5-2/h4,12,17H,1,5-11,13-14H2,2-3H3/t17-,19+/m0/s1. The molecule has 2 saturated heterocycles. The predicted octanol–water partition coefficient (Wildman–Crippen LogP) is 2.43. The summed E-state index contributed by atoms with van der Waals surface area (Å²) in [7, 11) is 0. The number of hydrogen-bond donors (Lipinski definition) is 0. The molecule has 6 nitrogen and oxygen atoms in total. The molecule has 1 amide bonds. The molecule has 1 aromatic heterocycles. The molecule has 1 aromatic rings. The molecule has 0 unspecified atom stereocenters. The lowest BCUT2D eigenvalue weighted by atomic mass is 9.73. The van der Waals surface area contributed by atoms with E-state index in [1.807, 2.05) is 24.8 Å². The van der Waals surface area contributed by atoms with Crippen molar-refractivity contribution in [2.45, 2.75) is 45.8 Å². The normalized spacial score (nSPS) is 26.3. The third-order valence-electron chi connectivity index (χ3n) is 5.32. The van der Waals surface area contributed by atoms with Crippen LogP contribution in [0.25, 0.3) is 0 Å². The monoisotopic (exact) mass is 347 g/mol. The van der Waals surface area contributed by atoms with Gasteiger partial charge in [-0.3, -0.25) is 9.48 Å². The minimum atomic E-state index is -0.110. The number of piperidine rings is 1. The van der Waals surface area contributed by atoms with Gasteiger partial charge in [0.05, 0.1) is 25.0 Å². The summed E-state index contributed by atoms with van der Waals surface area (Å²) >= 11 is 0. The number of fused-ring (bicyclic) bond motifs is 1. The number of carbonyl (C=O) groups is 1. The van der Waals surface area contributed by atoms with Gasteiger partial charge in [-0.05, 0) is 39.2 Å². The molecule has 3 heterocycles. The number of likely N-dealkylation sites (tertiary alicyclic amines) is 1. The molecule has 25 heavy (non-hydrogen) atoms. The first kappa shape index (κ1) is 18.1. The summed E-state index contributed by atoms with van der Waals surface area (Å²) in [5, 5.41) is 4.41. The number of hydrogen-bond acceptors (Lipinski definition) is 4. The van der Waals surface area contributed by atoms with Gasteiger partial charge in [-0.15, -0.1) is 6.58 Å². The van der Waals surface area contributed by atoms with E-state index in [1.165, 1.54) is 0 Å². The first-order chi connectivity index (χ1) is 12.1. The van der Waals surface area contributed by atoms with Gasteiger partial charge >= 0.3 is 0 Å².